The maximum atomic E-state index is 10.6. The van der Waals surface area contributed by atoms with Crippen molar-refractivity contribution in [2.45, 2.75) is 71.0 Å². The number of hydrogen-bond acceptors (Lipinski definition) is 6. The van der Waals surface area contributed by atoms with Gasteiger partial charge < -0.3 is 14.2 Å². The van der Waals surface area contributed by atoms with Gasteiger partial charge >= 0.3 is 0 Å². The predicted octanol–water partition coefficient (Wildman–Crippen LogP) is 4.14. The molecule has 27 heavy (non-hydrogen) atoms. The molecule has 1 saturated heterocycles. The quantitative estimate of drug-likeness (QED) is 0.293. The molecule has 0 aliphatic carbocycles. The van der Waals surface area contributed by atoms with Crippen molar-refractivity contribution >= 4 is 21.9 Å². The Labute approximate surface area is 169 Å². The van der Waals surface area contributed by atoms with Crippen LogP contribution in [-0.4, -0.2) is 62.4 Å². The van der Waals surface area contributed by atoms with Crippen LogP contribution in [0.3, 0.4) is 0 Å². The molecule has 0 amide bonds. The van der Waals surface area contributed by atoms with Gasteiger partial charge in [0.25, 0.3) is 10.1 Å². The van der Waals surface area contributed by atoms with E-state index in [1.165, 1.54) is 50.7 Å². The molecule has 1 rings (SSSR count). The summed E-state index contributed by atoms with van der Waals surface area (Å²) in [4.78, 5) is 0. The number of ether oxygens (including phenoxy) is 3. The van der Waals surface area contributed by atoms with Crippen molar-refractivity contribution in [2.24, 2.45) is 5.92 Å². The number of unbranched alkanes of at least 4 members (excludes halogenated alkanes) is 6. The molecule has 6 nitrogen and oxygen atoms in total. The van der Waals surface area contributed by atoms with Gasteiger partial charge in [0.1, 0.15) is 6.61 Å². The van der Waals surface area contributed by atoms with Crippen molar-refractivity contribution in [3.05, 3.63) is 0 Å². The first-order valence-corrected chi connectivity index (χ1v) is 13.0. The summed E-state index contributed by atoms with van der Waals surface area (Å²) in [6, 6.07) is 0. The van der Waals surface area contributed by atoms with Crippen LogP contribution < -0.4 is 0 Å². The van der Waals surface area contributed by atoms with E-state index >= 15 is 0 Å². The molecule has 162 valence electrons. The largest absolute Gasteiger partial charge is 0.376 e. The van der Waals surface area contributed by atoms with Gasteiger partial charge in [-0.2, -0.15) is 20.2 Å². The molecule has 1 aliphatic heterocycles. The molecule has 0 aromatic carbocycles. The van der Waals surface area contributed by atoms with Gasteiger partial charge in [0.15, 0.2) is 5.79 Å². The lowest BCUT2D eigenvalue weighted by Gasteiger charge is -2.37. The molecule has 1 aliphatic rings. The fourth-order valence-corrected chi connectivity index (χ4v) is 4.45. The Morgan fingerprint density at radius 1 is 1.07 bits per heavy atom. The van der Waals surface area contributed by atoms with Gasteiger partial charge in [-0.3, -0.25) is 4.55 Å². The number of rotatable bonds is 16. The van der Waals surface area contributed by atoms with Gasteiger partial charge in [0, 0.05) is 18.3 Å². The van der Waals surface area contributed by atoms with Crippen LogP contribution in [0.1, 0.15) is 65.2 Å². The third-order valence-electron chi connectivity index (χ3n) is 4.55. The Bertz CT molecular complexity index is 461. The van der Waals surface area contributed by atoms with Crippen LogP contribution in [0.25, 0.3) is 0 Å². The molecule has 0 radical (unpaired) electrons. The van der Waals surface area contributed by atoms with Gasteiger partial charge in [-0.1, -0.05) is 45.4 Å². The van der Waals surface area contributed by atoms with Crippen molar-refractivity contribution in [1.82, 2.24) is 0 Å². The minimum Gasteiger partial charge on any atom is -0.376 e. The van der Waals surface area contributed by atoms with Gasteiger partial charge in [-0.15, -0.1) is 0 Å². The average molecular weight is 427 g/mol. The van der Waals surface area contributed by atoms with E-state index in [2.05, 4.69) is 6.92 Å². The molecule has 1 heterocycles. The fourth-order valence-electron chi connectivity index (χ4n) is 2.87. The smallest absolute Gasteiger partial charge is 0.264 e. The summed E-state index contributed by atoms with van der Waals surface area (Å²) in [5, 5.41) is 0. The average Bonchev–Trinajstić information content (AvgIpc) is 2.61. The molecule has 1 fully saturated rings. The number of thioether (sulfide) groups is 1. The molecule has 8 heteroatoms. The van der Waals surface area contributed by atoms with E-state index < -0.39 is 15.9 Å². The molecule has 0 aromatic heterocycles. The number of hydrogen-bond donors (Lipinski definition) is 1. The van der Waals surface area contributed by atoms with E-state index in [1.807, 2.05) is 18.7 Å². The highest BCUT2D eigenvalue weighted by atomic mass is 32.2. The molecule has 0 spiro atoms. The second kappa shape index (κ2) is 14.2. The summed E-state index contributed by atoms with van der Waals surface area (Å²) in [7, 11) is -3.92. The summed E-state index contributed by atoms with van der Waals surface area (Å²) < 4.78 is 47.1. The van der Waals surface area contributed by atoms with Gasteiger partial charge in [-0.25, -0.2) is 0 Å². The second-order valence-electron chi connectivity index (χ2n) is 7.51. The first-order valence-electron chi connectivity index (χ1n) is 10.2. The van der Waals surface area contributed by atoms with Crippen LogP contribution >= 0.6 is 11.8 Å². The monoisotopic (exact) mass is 426 g/mol. The molecule has 0 aromatic rings. The van der Waals surface area contributed by atoms with Crippen LogP contribution in [0.4, 0.5) is 0 Å². The second-order valence-corrected chi connectivity index (χ2v) is 10.2. The molecular weight excluding hydrogens is 388 g/mol. The van der Waals surface area contributed by atoms with Crippen molar-refractivity contribution in [3.63, 3.8) is 0 Å². The van der Waals surface area contributed by atoms with Crippen molar-refractivity contribution < 1.29 is 27.2 Å². The third-order valence-corrected chi connectivity index (χ3v) is 6.64. The van der Waals surface area contributed by atoms with E-state index in [1.54, 1.807) is 0 Å². The predicted molar refractivity (Wildman–Crippen MR) is 111 cm³/mol. The van der Waals surface area contributed by atoms with Gasteiger partial charge in [-0.05, 0) is 25.5 Å². The lowest BCUT2D eigenvalue weighted by atomic mass is 10.1. The summed E-state index contributed by atoms with van der Waals surface area (Å²) in [6.07, 6.45) is 9.67. The van der Waals surface area contributed by atoms with E-state index in [-0.39, 0.29) is 25.4 Å². The summed E-state index contributed by atoms with van der Waals surface area (Å²) in [5.41, 5.74) is 0. The van der Waals surface area contributed by atoms with Crippen molar-refractivity contribution in [3.8, 4) is 0 Å². The van der Waals surface area contributed by atoms with Crippen LogP contribution in [0.5, 0.6) is 0 Å². The van der Waals surface area contributed by atoms with E-state index in [4.69, 9.17) is 18.8 Å². The highest BCUT2D eigenvalue weighted by Gasteiger charge is 2.33. The highest BCUT2D eigenvalue weighted by molar-refractivity contribution is 7.99. The highest BCUT2D eigenvalue weighted by Crippen LogP contribution is 2.24. The van der Waals surface area contributed by atoms with Crippen LogP contribution in [0, 0.1) is 5.92 Å². The van der Waals surface area contributed by atoms with Gasteiger partial charge in [0.2, 0.25) is 0 Å². The molecular formula is C19H38O6S2. The minimum absolute atomic E-state index is 0.250. The van der Waals surface area contributed by atoms with E-state index in [0.717, 1.165) is 5.75 Å². The summed E-state index contributed by atoms with van der Waals surface area (Å²) in [6.45, 7) is 5.93. The Hall–Kier alpha value is 0.140. The fraction of sp³-hybridized carbons (Fsp3) is 1.00. The molecule has 0 saturated carbocycles. The Balaban J connectivity index is 1.98. The third kappa shape index (κ3) is 13.9. The maximum Gasteiger partial charge on any atom is 0.264 e. The molecule has 1 N–H and O–H groups in total. The lowest BCUT2D eigenvalue weighted by Crippen LogP contribution is -2.46. The zero-order chi connectivity index (χ0) is 20.0. The van der Waals surface area contributed by atoms with Crippen molar-refractivity contribution in [1.29, 1.82) is 0 Å². The zero-order valence-electron chi connectivity index (χ0n) is 17.0. The van der Waals surface area contributed by atoms with Crippen LogP contribution in [0.15, 0.2) is 0 Å². The Kier molecular flexibility index (Phi) is 13.2. The van der Waals surface area contributed by atoms with Gasteiger partial charge in [0.05, 0.1) is 19.0 Å². The van der Waals surface area contributed by atoms with E-state index in [0.29, 0.717) is 19.1 Å². The normalized spacial score (nSPS) is 23.6. The topological polar surface area (TPSA) is 82.1 Å². The standard InChI is InChI=1S/C19H38O6S2/c1-3-4-5-6-7-8-9-12-26-16-18-14-24-19(2,25-15-18)17-23-11-10-13-27(20,21)22/h18H,3-17H2,1-2H3,(H,20,21,22). The van der Waals surface area contributed by atoms with E-state index in [9.17, 15) is 8.42 Å². The lowest BCUT2D eigenvalue weighted by molar-refractivity contribution is -0.289. The van der Waals surface area contributed by atoms with Crippen LogP contribution in [0.2, 0.25) is 0 Å². The Morgan fingerprint density at radius 2 is 1.70 bits per heavy atom. The first-order chi connectivity index (χ1) is 12.8. The summed E-state index contributed by atoms with van der Waals surface area (Å²) >= 11 is 1.98. The first kappa shape index (κ1) is 25.2. The molecule has 0 bridgehead atoms. The molecule has 0 atom stereocenters. The maximum absolute atomic E-state index is 10.6. The van der Waals surface area contributed by atoms with Crippen molar-refractivity contribution in [2.75, 3.05) is 43.7 Å². The molecule has 0 unspecified atom stereocenters. The Morgan fingerprint density at radius 3 is 2.33 bits per heavy atom. The van der Waals surface area contributed by atoms with Crippen LogP contribution in [-0.2, 0) is 24.3 Å². The minimum atomic E-state index is -3.92. The summed E-state index contributed by atoms with van der Waals surface area (Å²) in [5.74, 6) is 1.62. The zero-order valence-corrected chi connectivity index (χ0v) is 18.6. The SMILES string of the molecule is CCCCCCCCCSCC1COC(C)(COCCCS(=O)(=O)O)OC1.